The molecule has 1 aliphatic carbocycles. The number of ether oxygens (including phenoxy) is 1. The average Bonchev–Trinajstić information content (AvgIpc) is 2.72. The van der Waals surface area contributed by atoms with Crippen LogP contribution >= 0.6 is 0 Å². The molecular formula is C24H27NO4. The number of anilines is 1. The first kappa shape index (κ1) is 20.8. The number of nitrogens with one attached hydrogen (secondary N) is 1. The second-order valence-corrected chi connectivity index (χ2v) is 7.64. The fraction of sp³-hybridized carbons (Fsp3) is 0.375. The predicted octanol–water partition coefficient (Wildman–Crippen LogP) is 4.33. The largest absolute Gasteiger partial charge is 0.456 e. The van der Waals surface area contributed by atoms with E-state index in [4.69, 9.17) is 4.74 Å². The second kappa shape index (κ2) is 9.50. The van der Waals surface area contributed by atoms with Gasteiger partial charge in [0.05, 0.1) is 6.42 Å². The summed E-state index contributed by atoms with van der Waals surface area (Å²) in [5.41, 5.74) is 5.88. The summed E-state index contributed by atoms with van der Waals surface area (Å²) >= 11 is 0. The van der Waals surface area contributed by atoms with E-state index in [2.05, 4.69) is 5.32 Å². The molecule has 1 aliphatic rings. The SMILES string of the molecule is Cc1ccc(C)c(NC(=O)COC(=O)CCC(=O)c2ccc3c(c2)CCCC3)c1. The molecule has 152 valence electrons. The summed E-state index contributed by atoms with van der Waals surface area (Å²) in [6.45, 7) is 3.47. The molecule has 0 saturated heterocycles. The quantitative estimate of drug-likeness (QED) is 0.561. The van der Waals surface area contributed by atoms with Crippen molar-refractivity contribution in [2.75, 3.05) is 11.9 Å². The number of carbonyl (C=O) groups excluding carboxylic acids is 3. The van der Waals surface area contributed by atoms with Gasteiger partial charge in [0, 0.05) is 17.7 Å². The molecule has 0 saturated carbocycles. The fourth-order valence-electron chi connectivity index (χ4n) is 3.54. The van der Waals surface area contributed by atoms with Crippen LogP contribution in [0.1, 0.15) is 58.3 Å². The molecule has 2 aromatic carbocycles. The number of amides is 1. The summed E-state index contributed by atoms with van der Waals surface area (Å²) in [6, 6.07) is 11.6. The van der Waals surface area contributed by atoms with Crippen LogP contribution in [0.2, 0.25) is 0 Å². The zero-order valence-electron chi connectivity index (χ0n) is 17.0. The van der Waals surface area contributed by atoms with Crippen LogP contribution in [-0.4, -0.2) is 24.3 Å². The van der Waals surface area contributed by atoms with Crippen LogP contribution in [0.4, 0.5) is 5.69 Å². The number of hydrogen-bond donors (Lipinski definition) is 1. The molecule has 1 N–H and O–H groups in total. The summed E-state index contributed by atoms with van der Waals surface area (Å²) in [6.07, 6.45) is 4.47. The van der Waals surface area contributed by atoms with Crippen molar-refractivity contribution in [2.45, 2.75) is 52.4 Å². The van der Waals surface area contributed by atoms with E-state index in [0.29, 0.717) is 11.3 Å². The van der Waals surface area contributed by atoms with Gasteiger partial charge in [-0.3, -0.25) is 14.4 Å². The highest BCUT2D eigenvalue weighted by atomic mass is 16.5. The average molecular weight is 393 g/mol. The number of hydrogen-bond acceptors (Lipinski definition) is 4. The molecule has 0 radical (unpaired) electrons. The van der Waals surface area contributed by atoms with Crippen molar-refractivity contribution in [1.82, 2.24) is 0 Å². The van der Waals surface area contributed by atoms with Gasteiger partial charge in [-0.15, -0.1) is 0 Å². The zero-order valence-corrected chi connectivity index (χ0v) is 17.0. The molecule has 29 heavy (non-hydrogen) atoms. The minimum Gasteiger partial charge on any atom is -0.456 e. The lowest BCUT2D eigenvalue weighted by molar-refractivity contribution is -0.147. The predicted molar refractivity (Wildman–Crippen MR) is 112 cm³/mol. The van der Waals surface area contributed by atoms with E-state index in [0.717, 1.165) is 30.4 Å². The van der Waals surface area contributed by atoms with Crippen molar-refractivity contribution in [2.24, 2.45) is 0 Å². The summed E-state index contributed by atoms with van der Waals surface area (Å²) in [5, 5.41) is 2.74. The molecule has 0 spiro atoms. The maximum atomic E-state index is 12.4. The lowest BCUT2D eigenvalue weighted by atomic mass is 9.89. The van der Waals surface area contributed by atoms with E-state index in [9.17, 15) is 14.4 Å². The van der Waals surface area contributed by atoms with Crippen LogP contribution in [0.25, 0.3) is 0 Å². The molecule has 0 unspecified atom stereocenters. The molecule has 5 heteroatoms. The van der Waals surface area contributed by atoms with Crippen LogP contribution in [0, 0.1) is 13.8 Å². The minimum atomic E-state index is -0.549. The van der Waals surface area contributed by atoms with Crippen LogP contribution in [-0.2, 0) is 27.2 Å². The summed E-state index contributed by atoms with van der Waals surface area (Å²) in [5.74, 6) is -1.02. The van der Waals surface area contributed by atoms with Gasteiger partial charge in [0.15, 0.2) is 12.4 Å². The van der Waals surface area contributed by atoms with E-state index < -0.39 is 11.9 Å². The smallest absolute Gasteiger partial charge is 0.306 e. The first-order valence-corrected chi connectivity index (χ1v) is 10.1. The maximum absolute atomic E-state index is 12.4. The first-order valence-electron chi connectivity index (χ1n) is 10.1. The Bertz CT molecular complexity index is 932. The molecule has 0 atom stereocenters. The van der Waals surface area contributed by atoms with Gasteiger partial charge in [-0.1, -0.05) is 24.3 Å². The third-order valence-electron chi connectivity index (χ3n) is 5.26. The van der Waals surface area contributed by atoms with Gasteiger partial charge in [-0.2, -0.15) is 0 Å². The molecule has 0 bridgehead atoms. The summed E-state index contributed by atoms with van der Waals surface area (Å²) in [4.78, 5) is 36.4. The lowest BCUT2D eigenvalue weighted by Gasteiger charge is -2.16. The van der Waals surface area contributed by atoms with Gasteiger partial charge < -0.3 is 10.1 Å². The fourth-order valence-corrected chi connectivity index (χ4v) is 3.54. The van der Waals surface area contributed by atoms with Crippen molar-refractivity contribution in [1.29, 1.82) is 0 Å². The Morgan fingerprint density at radius 1 is 0.931 bits per heavy atom. The number of Topliss-reactive ketones (excluding diaryl/α,β-unsaturated/α-hetero) is 1. The van der Waals surface area contributed by atoms with Gasteiger partial charge in [-0.05, 0) is 73.9 Å². The van der Waals surface area contributed by atoms with Crippen molar-refractivity contribution in [3.63, 3.8) is 0 Å². The second-order valence-electron chi connectivity index (χ2n) is 7.64. The highest BCUT2D eigenvalue weighted by Gasteiger charge is 2.15. The molecule has 0 aliphatic heterocycles. The van der Waals surface area contributed by atoms with E-state index >= 15 is 0 Å². The highest BCUT2D eigenvalue weighted by Crippen LogP contribution is 2.23. The van der Waals surface area contributed by atoms with Crippen molar-refractivity contribution in [3.05, 3.63) is 64.2 Å². The molecule has 0 heterocycles. The van der Waals surface area contributed by atoms with E-state index in [-0.39, 0.29) is 25.2 Å². The van der Waals surface area contributed by atoms with E-state index in [1.165, 1.54) is 17.5 Å². The third-order valence-corrected chi connectivity index (χ3v) is 5.26. The molecule has 0 aromatic heterocycles. The van der Waals surface area contributed by atoms with Gasteiger partial charge in [-0.25, -0.2) is 0 Å². The van der Waals surface area contributed by atoms with Crippen LogP contribution in [0.5, 0.6) is 0 Å². The van der Waals surface area contributed by atoms with Gasteiger partial charge in [0.1, 0.15) is 0 Å². The first-order chi connectivity index (χ1) is 13.9. The number of esters is 1. The highest BCUT2D eigenvalue weighted by molar-refractivity contribution is 5.98. The monoisotopic (exact) mass is 393 g/mol. The Balaban J connectivity index is 1.44. The zero-order chi connectivity index (χ0) is 20.8. The number of aryl methyl sites for hydroxylation is 4. The minimum absolute atomic E-state index is 0.0350. The van der Waals surface area contributed by atoms with Gasteiger partial charge in [0.2, 0.25) is 0 Å². The number of benzene rings is 2. The molecule has 2 aromatic rings. The summed E-state index contributed by atoms with van der Waals surface area (Å²) in [7, 11) is 0. The Morgan fingerprint density at radius 2 is 1.69 bits per heavy atom. The van der Waals surface area contributed by atoms with E-state index in [1.54, 1.807) is 0 Å². The molecule has 3 rings (SSSR count). The van der Waals surface area contributed by atoms with Gasteiger partial charge >= 0.3 is 5.97 Å². The van der Waals surface area contributed by atoms with Crippen molar-refractivity contribution >= 4 is 23.3 Å². The molecular weight excluding hydrogens is 366 g/mol. The molecule has 0 fully saturated rings. The Hall–Kier alpha value is -2.95. The Labute approximate surface area is 171 Å². The van der Waals surface area contributed by atoms with Gasteiger partial charge in [0.25, 0.3) is 5.91 Å². The number of rotatable bonds is 7. The van der Waals surface area contributed by atoms with E-state index in [1.807, 2.05) is 50.2 Å². The van der Waals surface area contributed by atoms with Crippen LogP contribution < -0.4 is 5.32 Å². The topological polar surface area (TPSA) is 72.5 Å². The summed E-state index contributed by atoms with van der Waals surface area (Å²) < 4.78 is 5.02. The maximum Gasteiger partial charge on any atom is 0.306 e. The third kappa shape index (κ3) is 5.76. The number of carbonyl (C=O) groups is 3. The molecule has 5 nitrogen and oxygen atoms in total. The lowest BCUT2D eigenvalue weighted by Crippen LogP contribution is -2.21. The normalized spacial score (nSPS) is 12.8. The van der Waals surface area contributed by atoms with Crippen molar-refractivity contribution in [3.8, 4) is 0 Å². The number of ketones is 1. The van der Waals surface area contributed by atoms with Crippen LogP contribution in [0.15, 0.2) is 36.4 Å². The van der Waals surface area contributed by atoms with Crippen LogP contribution in [0.3, 0.4) is 0 Å². The number of fused-ring (bicyclic) bond motifs is 1. The Kier molecular flexibility index (Phi) is 6.81. The molecule has 1 amide bonds. The van der Waals surface area contributed by atoms with Crippen molar-refractivity contribution < 1.29 is 19.1 Å². The standard InChI is InChI=1S/C24H27NO4/c1-16-7-8-17(2)21(13-16)25-23(27)15-29-24(28)12-11-22(26)20-10-9-18-5-3-4-6-19(18)14-20/h7-10,13-14H,3-6,11-12,15H2,1-2H3,(H,25,27). The Morgan fingerprint density at radius 3 is 2.48 bits per heavy atom.